The molecule has 0 spiro atoms. The number of benzene rings is 2. The molecule has 0 unspecified atom stereocenters. The van der Waals surface area contributed by atoms with Gasteiger partial charge in [0.25, 0.3) is 10.0 Å². The average Bonchev–Trinajstić information content (AvgIpc) is 2.64. The van der Waals surface area contributed by atoms with Gasteiger partial charge >= 0.3 is 6.18 Å². The zero-order chi connectivity index (χ0) is 20.9. The van der Waals surface area contributed by atoms with Gasteiger partial charge in [0, 0.05) is 0 Å². The standard InChI is InChI=1S/C19H21F3N2O3S/c1-14(2)15-8-10-16(11-9-15)24(12-18(25)23-13-19(20,21)22)28(26,27)17-6-4-3-5-7-17/h3-11,14H,12-13H2,1-2H3,(H,23,25). The molecule has 5 nitrogen and oxygen atoms in total. The van der Waals surface area contributed by atoms with Crippen molar-refractivity contribution in [2.45, 2.75) is 30.8 Å². The summed E-state index contributed by atoms with van der Waals surface area (Å²) in [5.41, 5.74) is 1.15. The van der Waals surface area contributed by atoms with E-state index in [0.29, 0.717) is 0 Å². The zero-order valence-electron chi connectivity index (χ0n) is 15.4. The third-order valence-corrected chi connectivity index (χ3v) is 5.74. The summed E-state index contributed by atoms with van der Waals surface area (Å²) >= 11 is 0. The van der Waals surface area contributed by atoms with Crippen LogP contribution in [0.25, 0.3) is 0 Å². The Labute approximate surface area is 162 Å². The quantitative estimate of drug-likeness (QED) is 0.752. The lowest BCUT2D eigenvalue weighted by Crippen LogP contribution is -2.43. The molecule has 0 aromatic heterocycles. The Morgan fingerprint density at radius 2 is 1.61 bits per heavy atom. The molecule has 0 aliphatic heterocycles. The van der Waals surface area contributed by atoms with Gasteiger partial charge in [-0.25, -0.2) is 8.42 Å². The minimum atomic E-state index is -4.59. The molecule has 2 rings (SSSR count). The molecule has 0 aliphatic rings. The summed E-state index contributed by atoms with van der Waals surface area (Å²) in [6.45, 7) is 1.64. The smallest absolute Gasteiger partial charge is 0.345 e. The number of alkyl halides is 3. The number of hydrogen-bond acceptors (Lipinski definition) is 3. The second kappa shape index (κ2) is 8.64. The van der Waals surface area contributed by atoms with Crippen LogP contribution in [0.3, 0.4) is 0 Å². The van der Waals surface area contributed by atoms with E-state index in [1.54, 1.807) is 23.5 Å². The van der Waals surface area contributed by atoms with Gasteiger partial charge in [0.05, 0.1) is 10.6 Å². The van der Waals surface area contributed by atoms with Crippen LogP contribution in [0.1, 0.15) is 25.3 Å². The van der Waals surface area contributed by atoms with Gasteiger partial charge in [0.2, 0.25) is 5.91 Å². The van der Waals surface area contributed by atoms with Crippen LogP contribution in [-0.4, -0.2) is 33.6 Å². The molecule has 0 heterocycles. The number of hydrogen-bond donors (Lipinski definition) is 1. The highest BCUT2D eigenvalue weighted by molar-refractivity contribution is 7.92. The molecule has 0 aliphatic carbocycles. The van der Waals surface area contributed by atoms with Crippen molar-refractivity contribution in [2.24, 2.45) is 0 Å². The summed E-state index contributed by atoms with van der Waals surface area (Å²) in [5, 5.41) is 1.71. The predicted octanol–water partition coefficient (Wildman–Crippen LogP) is 3.68. The summed E-state index contributed by atoms with van der Waals surface area (Å²) in [6, 6.07) is 13.9. The first-order valence-corrected chi connectivity index (χ1v) is 9.96. The maximum atomic E-state index is 13.0. The largest absolute Gasteiger partial charge is 0.405 e. The summed E-state index contributed by atoms with van der Waals surface area (Å²) in [6.07, 6.45) is -4.59. The summed E-state index contributed by atoms with van der Waals surface area (Å²) in [7, 11) is -4.14. The number of nitrogens with one attached hydrogen (secondary N) is 1. The summed E-state index contributed by atoms with van der Waals surface area (Å²) < 4.78 is 63.9. The van der Waals surface area contributed by atoms with E-state index in [1.165, 1.54) is 36.4 Å². The first-order chi connectivity index (χ1) is 13.0. The van der Waals surface area contributed by atoms with Crippen molar-refractivity contribution in [3.63, 3.8) is 0 Å². The highest BCUT2D eigenvalue weighted by atomic mass is 32.2. The van der Waals surface area contributed by atoms with Gasteiger partial charge in [-0.05, 0) is 35.7 Å². The number of carbonyl (C=O) groups is 1. The molecule has 0 radical (unpaired) electrons. The Hall–Kier alpha value is -2.55. The van der Waals surface area contributed by atoms with E-state index < -0.39 is 35.2 Å². The van der Waals surface area contributed by atoms with Gasteiger partial charge in [-0.15, -0.1) is 0 Å². The predicted molar refractivity (Wildman–Crippen MR) is 101 cm³/mol. The first kappa shape index (κ1) is 21.7. The van der Waals surface area contributed by atoms with Crippen LogP contribution >= 0.6 is 0 Å². The second-order valence-corrected chi connectivity index (χ2v) is 8.33. The highest BCUT2D eigenvalue weighted by Crippen LogP contribution is 2.25. The minimum Gasteiger partial charge on any atom is -0.345 e. The molecule has 9 heteroatoms. The van der Waals surface area contributed by atoms with Gasteiger partial charge in [-0.1, -0.05) is 44.2 Å². The van der Waals surface area contributed by atoms with Gasteiger partial charge in [-0.2, -0.15) is 13.2 Å². The van der Waals surface area contributed by atoms with E-state index in [-0.39, 0.29) is 16.5 Å². The maximum absolute atomic E-state index is 13.0. The Morgan fingerprint density at radius 1 is 1.04 bits per heavy atom. The van der Waals surface area contributed by atoms with Crippen molar-refractivity contribution in [2.75, 3.05) is 17.4 Å². The van der Waals surface area contributed by atoms with Crippen LogP contribution < -0.4 is 9.62 Å². The van der Waals surface area contributed by atoms with Crippen molar-refractivity contribution >= 4 is 21.6 Å². The summed E-state index contributed by atoms with van der Waals surface area (Å²) in [5.74, 6) is -0.840. The average molecular weight is 414 g/mol. The third-order valence-electron chi connectivity index (χ3n) is 3.95. The fraction of sp³-hybridized carbons (Fsp3) is 0.316. The van der Waals surface area contributed by atoms with E-state index in [1.807, 2.05) is 13.8 Å². The van der Waals surface area contributed by atoms with Crippen molar-refractivity contribution in [1.29, 1.82) is 0 Å². The van der Waals surface area contributed by atoms with Gasteiger partial charge in [-0.3, -0.25) is 9.10 Å². The molecule has 2 aromatic carbocycles. The Balaban J connectivity index is 2.37. The normalized spacial score (nSPS) is 12.1. The monoisotopic (exact) mass is 414 g/mol. The number of rotatable bonds is 7. The number of anilines is 1. The topological polar surface area (TPSA) is 66.5 Å². The zero-order valence-corrected chi connectivity index (χ0v) is 16.2. The molecule has 0 atom stereocenters. The minimum absolute atomic E-state index is 0.0634. The second-order valence-electron chi connectivity index (χ2n) is 6.46. The lowest BCUT2D eigenvalue weighted by molar-refractivity contribution is -0.137. The van der Waals surface area contributed by atoms with E-state index >= 15 is 0 Å². The number of amides is 1. The number of halogens is 3. The Kier molecular flexibility index (Phi) is 6.71. The molecule has 0 bridgehead atoms. The molecular weight excluding hydrogens is 393 g/mol. The van der Waals surface area contributed by atoms with E-state index in [0.717, 1.165) is 9.87 Å². The van der Waals surface area contributed by atoms with Crippen molar-refractivity contribution < 1.29 is 26.4 Å². The summed E-state index contributed by atoms with van der Waals surface area (Å²) in [4.78, 5) is 11.9. The van der Waals surface area contributed by atoms with Crippen LogP contribution in [0.2, 0.25) is 0 Å². The fourth-order valence-corrected chi connectivity index (χ4v) is 3.89. The number of sulfonamides is 1. The molecule has 0 saturated carbocycles. The van der Waals surface area contributed by atoms with Crippen LogP contribution in [0.4, 0.5) is 18.9 Å². The number of carbonyl (C=O) groups excluding carboxylic acids is 1. The fourth-order valence-electron chi connectivity index (χ4n) is 2.45. The molecular formula is C19H21F3N2O3S. The lowest BCUT2D eigenvalue weighted by atomic mass is 10.0. The van der Waals surface area contributed by atoms with Crippen molar-refractivity contribution in [3.05, 3.63) is 60.2 Å². The lowest BCUT2D eigenvalue weighted by Gasteiger charge is -2.24. The first-order valence-electron chi connectivity index (χ1n) is 8.52. The van der Waals surface area contributed by atoms with Crippen LogP contribution in [0, 0.1) is 0 Å². The van der Waals surface area contributed by atoms with E-state index in [2.05, 4.69) is 0 Å². The molecule has 1 N–H and O–H groups in total. The van der Waals surface area contributed by atoms with Gasteiger partial charge in [0.15, 0.2) is 0 Å². The molecule has 1 amide bonds. The highest BCUT2D eigenvalue weighted by Gasteiger charge is 2.30. The van der Waals surface area contributed by atoms with Crippen LogP contribution in [-0.2, 0) is 14.8 Å². The Bertz CT molecular complexity index is 896. The van der Waals surface area contributed by atoms with E-state index in [9.17, 15) is 26.4 Å². The Morgan fingerprint density at radius 3 is 2.11 bits per heavy atom. The van der Waals surface area contributed by atoms with Crippen molar-refractivity contribution in [3.8, 4) is 0 Å². The molecule has 0 fully saturated rings. The van der Waals surface area contributed by atoms with E-state index in [4.69, 9.17) is 0 Å². The van der Waals surface area contributed by atoms with Crippen molar-refractivity contribution in [1.82, 2.24) is 5.32 Å². The molecule has 2 aromatic rings. The SMILES string of the molecule is CC(C)c1ccc(N(CC(=O)NCC(F)(F)F)S(=O)(=O)c2ccccc2)cc1. The van der Waals surface area contributed by atoms with Crippen LogP contribution in [0.15, 0.2) is 59.5 Å². The maximum Gasteiger partial charge on any atom is 0.405 e. The van der Waals surface area contributed by atoms with Gasteiger partial charge in [0.1, 0.15) is 13.1 Å². The van der Waals surface area contributed by atoms with Gasteiger partial charge < -0.3 is 5.32 Å². The molecule has 152 valence electrons. The molecule has 28 heavy (non-hydrogen) atoms. The number of nitrogens with zero attached hydrogens (tertiary/aromatic N) is 1. The molecule has 0 saturated heterocycles. The van der Waals surface area contributed by atoms with Crippen LogP contribution in [0.5, 0.6) is 0 Å². The third kappa shape index (κ3) is 5.72.